The molecule has 2 aromatic carbocycles. The molecule has 0 bridgehead atoms. The van der Waals surface area contributed by atoms with Crippen molar-refractivity contribution in [3.05, 3.63) is 126 Å². The lowest BCUT2D eigenvalue weighted by Gasteiger charge is -2.08. The zero-order chi connectivity index (χ0) is 37.2. The molecule has 1 aliphatic rings. The fraction of sp³-hybridized carbons (Fsp3) is 0.0323. The second-order valence-corrected chi connectivity index (χ2v) is 8.95. The Morgan fingerprint density at radius 2 is 0.878 bits per heavy atom. The highest BCUT2D eigenvalue weighted by atomic mass is 19.2. The normalized spacial score (nSPS) is 14.9. The molecule has 0 N–H and O–H groups in total. The average molecular weight is 688 g/mol. The van der Waals surface area contributed by atoms with Crippen LogP contribution in [0.3, 0.4) is 0 Å². The van der Waals surface area contributed by atoms with Crippen molar-refractivity contribution >= 4 is 11.1 Å². The average Bonchev–Trinajstić information content (AvgIpc) is 3.81. The molecule has 18 heteroatoms. The summed E-state index contributed by atoms with van der Waals surface area (Å²) in [7, 11) is 0. The first kappa shape index (κ1) is 36.4. The van der Waals surface area contributed by atoms with Gasteiger partial charge in [-0.15, -0.1) is 0 Å². The quantitative estimate of drug-likeness (QED) is 0.130. The summed E-state index contributed by atoms with van der Waals surface area (Å²) in [5, 5.41) is 56.0. The summed E-state index contributed by atoms with van der Waals surface area (Å²) in [5.41, 5.74) is -21.2. The van der Waals surface area contributed by atoms with Crippen LogP contribution in [-0.4, -0.2) is 6.67 Å². The highest BCUT2D eigenvalue weighted by molar-refractivity contribution is 6.07. The van der Waals surface area contributed by atoms with E-state index in [0.717, 1.165) is 36.4 Å². The van der Waals surface area contributed by atoms with Gasteiger partial charge in [0.25, 0.3) is 0 Å². The summed E-state index contributed by atoms with van der Waals surface area (Å²) < 4.78 is 177. The third-order valence-corrected chi connectivity index (χ3v) is 6.47. The van der Waals surface area contributed by atoms with Crippen molar-refractivity contribution in [3.8, 4) is 36.4 Å². The van der Waals surface area contributed by atoms with E-state index < -0.39 is 138 Å². The maximum absolute atomic E-state index is 15.2. The first-order valence-corrected chi connectivity index (χ1v) is 12.1. The second kappa shape index (κ2) is 13.8. The van der Waals surface area contributed by atoms with Gasteiger partial charge in [-0.05, 0) is 0 Å². The number of hydrogen-bond donors (Lipinski definition) is 0. The van der Waals surface area contributed by atoms with E-state index in [-0.39, 0.29) is 0 Å². The molecule has 0 atom stereocenters. The van der Waals surface area contributed by atoms with Crippen molar-refractivity contribution < 1.29 is 52.7 Å². The Morgan fingerprint density at radius 1 is 0.510 bits per heavy atom. The number of rotatable bonds is 6. The van der Waals surface area contributed by atoms with E-state index in [1.807, 2.05) is 0 Å². The number of nitrogens with zero attached hydrogens (tertiary/aromatic N) is 6. The van der Waals surface area contributed by atoms with Gasteiger partial charge < -0.3 is 0 Å². The minimum atomic E-state index is -2.60. The fourth-order valence-corrected chi connectivity index (χ4v) is 4.27. The third kappa shape index (κ3) is 5.65. The van der Waals surface area contributed by atoms with E-state index in [0.29, 0.717) is 0 Å². The van der Waals surface area contributed by atoms with Crippen LogP contribution >= 0.6 is 0 Å². The van der Waals surface area contributed by atoms with E-state index in [2.05, 4.69) is 6.58 Å². The molecule has 0 radical (unpaired) electrons. The maximum atomic E-state index is 15.2. The molecule has 0 aliphatic heterocycles. The van der Waals surface area contributed by atoms with Gasteiger partial charge in [0.1, 0.15) is 60.0 Å². The second-order valence-electron chi connectivity index (χ2n) is 8.95. The SMILES string of the molecule is C=C(C#N)/C(F)=C(F)\C(C(C#N)=C1C(=C(C#N)c2c(F)c(F)c(C#N)c(F)c2F)C1=C(C#N)c1c(F)c(F)c(C#N)c(F)c1F)=C(\F)CF. The van der Waals surface area contributed by atoms with E-state index in [1.54, 1.807) is 0 Å². The zero-order valence-corrected chi connectivity index (χ0v) is 23.1. The van der Waals surface area contributed by atoms with Gasteiger partial charge in [0.15, 0.2) is 58.2 Å². The van der Waals surface area contributed by atoms with Gasteiger partial charge in [0.2, 0.25) is 0 Å². The van der Waals surface area contributed by atoms with Crippen LogP contribution in [0.15, 0.2) is 57.5 Å². The van der Waals surface area contributed by atoms with Crippen molar-refractivity contribution in [1.29, 1.82) is 31.6 Å². The topological polar surface area (TPSA) is 143 Å². The lowest BCUT2D eigenvalue weighted by atomic mass is 9.99. The monoisotopic (exact) mass is 688 g/mol. The largest absolute Gasteiger partial charge is 0.243 e. The number of benzene rings is 2. The fourth-order valence-electron chi connectivity index (χ4n) is 4.27. The summed E-state index contributed by atoms with van der Waals surface area (Å²) in [6.07, 6.45) is 0. The first-order valence-electron chi connectivity index (χ1n) is 12.1. The van der Waals surface area contributed by atoms with Crippen LogP contribution in [0.1, 0.15) is 22.3 Å². The summed E-state index contributed by atoms with van der Waals surface area (Å²) in [4.78, 5) is 0. The highest BCUT2D eigenvalue weighted by Gasteiger charge is 2.46. The van der Waals surface area contributed by atoms with Crippen LogP contribution in [-0.2, 0) is 0 Å². The smallest absolute Gasteiger partial charge is 0.180 e. The molecule has 3 rings (SSSR count). The zero-order valence-electron chi connectivity index (χ0n) is 23.1. The van der Waals surface area contributed by atoms with Crippen LogP contribution in [0.2, 0.25) is 0 Å². The standard InChI is InChI=1S/C31H4F12N6/c1-9(3-44)22(34)27(39)16(15(33)2-32)10(4-45)17-18(11(5-46)20-28(40)23(35)13(7-48)24(36)29(20)41)19(17)12(6-47)21-30(42)25(37)14(8-49)26(38)31(21)43/h1-2H2/b16-15+,17-10?,18-11?,19-12?,27-22-. The Labute approximate surface area is 265 Å². The Hall–Kier alpha value is -7.02. The summed E-state index contributed by atoms with van der Waals surface area (Å²) >= 11 is 0. The molecule has 0 amide bonds. The van der Waals surface area contributed by atoms with Crippen molar-refractivity contribution in [2.45, 2.75) is 0 Å². The molecule has 49 heavy (non-hydrogen) atoms. The van der Waals surface area contributed by atoms with E-state index in [9.17, 15) is 46.5 Å². The van der Waals surface area contributed by atoms with Gasteiger partial charge in [-0.1, -0.05) is 6.58 Å². The third-order valence-electron chi connectivity index (χ3n) is 6.47. The minimum Gasteiger partial charge on any atom is -0.243 e. The van der Waals surface area contributed by atoms with Gasteiger partial charge in [-0.2, -0.15) is 31.6 Å². The molecule has 1 saturated carbocycles. The van der Waals surface area contributed by atoms with Gasteiger partial charge in [-0.3, -0.25) is 0 Å². The van der Waals surface area contributed by atoms with Gasteiger partial charge in [0, 0.05) is 16.7 Å². The predicted octanol–water partition coefficient (Wildman–Crippen LogP) is 8.05. The molecule has 6 nitrogen and oxygen atoms in total. The summed E-state index contributed by atoms with van der Waals surface area (Å²) in [6.45, 7) is 0.372. The Balaban J connectivity index is 2.83. The van der Waals surface area contributed by atoms with Crippen molar-refractivity contribution in [2.75, 3.05) is 6.67 Å². The van der Waals surface area contributed by atoms with E-state index >= 15 is 22.0 Å². The van der Waals surface area contributed by atoms with Crippen LogP contribution in [0.5, 0.6) is 0 Å². The molecule has 1 aliphatic carbocycles. The first-order chi connectivity index (χ1) is 23.1. The number of halogens is 12. The molecule has 242 valence electrons. The molecule has 0 unspecified atom stereocenters. The summed E-state index contributed by atoms with van der Waals surface area (Å²) in [6, 6.07) is 5.36. The van der Waals surface area contributed by atoms with Crippen molar-refractivity contribution in [3.63, 3.8) is 0 Å². The Kier molecular flexibility index (Phi) is 10.2. The van der Waals surface area contributed by atoms with Crippen LogP contribution < -0.4 is 0 Å². The van der Waals surface area contributed by atoms with Gasteiger partial charge >= 0.3 is 0 Å². The number of hydrogen-bond acceptors (Lipinski definition) is 6. The van der Waals surface area contributed by atoms with Crippen LogP contribution in [0.4, 0.5) is 52.7 Å². The van der Waals surface area contributed by atoms with Gasteiger partial charge in [0.05, 0.1) is 39.0 Å². The number of alkyl halides is 1. The molecule has 2 aromatic rings. The summed E-state index contributed by atoms with van der Waals surface area (Å²) in [5.74, 6) is -27.3. The molecular formula is C31H4F12N6. The Morgan fingerprint density at radius 3 is 1.14 bits per heavy atom. The van der Waals surface area contributed by atoms with Crippen molar-refractivity contribution in [2.24, 2.45) is 0 Å². The molecule has 0 saturated heterocycles. The lowest BCUT2D eigenvalue weighted by molar-refractivity contribution is 0.446. The molecular weight excluding hydrogens is 684 g/mol. The van der Waals surface area contributed by atoms with Crippen LogP contribution in [0, 0.1) is 115 Å². The maximum Gasteiger partial charge on any atom is 0.180 e. The van der Waals surface area contributed by atoms with Crippen molar-refractivity contribution in [1.82, 2.24) is 0 Å². The highest BCUT2D eigenvalue weighted by Crippen LogP contribution is 2.57. The van der Waals surface area contributed by atoms with E-state index in [4.69, 9.17) is 15.8 Å². The molecule has 0 heterocycles. The lowest BCUT2D eigenvalue weighted by Crippen LogP contribution is -2.06. The molecule has 1 fully saturated rings. The minimum absolute atomic E-state index is 0.765. The molecule has 0 spiro atoms. The Bertz CT molecular complexity index is 2180. The number of nitriles is 6. The number of allylic oxidation sites excluding steroid dienone is 11. The predicted molar refractivity (Wildman–Crippen MR) is 138 cm³/mol. The van der Waals surface area contributed by atoms with Crippen LogP contribution in [0.25, 0.3) is 11.1 Å². The van der Waals surface area contributed by atoms with E-state index in [1.165, 1.54) is 0 Å². The molecule has 0 aromatic heterocycles. The van der Waals surface area contributed by atoms with Gasteiger partial charge in [-0.25, -0.2) is 52.7 Å².